The van der Waals surface area contributed by atoms with Crippen LogP contribution in [0.25, 0.3) is 0 Å². The van der Waals surface area contributed by atoms with Crippen LogP contribution in [0, 0.1) is 0 Å². The van der Waals surface area contributed by atoms with Gasteiger partial charge in [0.1, 0.15) is 48.5 Å². The number of piperidine rings is 1. The molecule has 3 aliphatic rings. The number of morpholine rings is 1. The van der Waals surface area contributed by atoms with Gasteiger partial charge < -0.3 is 19.3 Å². The summed E-state index contributed by atoms with van der Waals surface area (Å²) in [5.74, 6) is -0.664. The summed E-state index contributed by atoms with van der Waals surface area (Å²) in [6.45, 7) is 2.14. The number of nitrogens with one attached hydrogen (secondary N) is 1. The number of imide groups is 1. The van der Waals surface area contributed by atoms with E-state index in [0.29, 0.717) is 44.0 Å². The molecule has 12 heteroatoms. The van der Waals surface area contributed by atoms with E-state index in [-0.39, 0.29) is 36.7 Å². The van der Waals surface area contributed by atoms with Gasteiger partial charge in [-0.15, -0.1) is 0 Å². The summed E-state index contributed by atoms with van der Waals surface area (Å²) in [5, 5.41) is 2.36. The molecule has 0 spiro atoms. The van der Waals surface area contributed by atoms with Crippen molar-refractivity contribution in [3.63, 3.8) is 0 Å². The number of amides is 4. The Morgan fingerprint density at radius 1 is 1.08 bits per heavy atom. The van der Waals surface area contributed by atoms with Gasteiger partial charge in [-0.1, -0.05) is 41.3 Å². The number of carbonyl (C=O) groups is 4. The van der Waals surface area contributed by atoms with Crippen LogP contribution >= 0.6 is 0 Å². The minimum atomic E-state index is -0.688. The first-order valence-electron chi connectivity index (χ1n) is 12.6. The standard InChI is InChI=1S/C25H28B3N3O6/c26-16-9-15-20(23(28)31(25(15)35)17-5-6-18(32)29-24(17)34)22(21(16)27)37-11-14-3-1-13(2-4-14)10-30-7-8-36-12-19(30)33/h1-4,9,17,23H,5-8,10-12,26-28H2,(H,29,32,34). The van der Waals surface area contributed by atoms with E-state index in [0.717, 1.165) is 27.6 Å². The van der Waals surface area contributed by atoms with Crippen molar-refractivity contribution in [3.8, 4) is 5.75 Å². The molecule has 0 saturated carbocycles. The Labute approximate surface area is 218 Å². The van der Waals surface area contributed by atoms with Crippen LogP contribution in [-0.2, 0) is 32.3 Å². The summed E-state index contributed by atoms with van der Waals surface area (Å²) in [4.78, 5) is 53.0. The number of fused-ring (bicyclic) bond motifs is 1. The number of nitrogens with zero attached hydrogens (tertiary/aromatic N) is 2. The topological polar surface area (TPSA) is 105 Å². The lowest BCUT2D eigenvalue weighted by atomic mass is 9.75. The Hall–Kier alpha value is -3.53. The molecule has 9 nitrogen and oxygen atoms in total. The van der Waals surface area contributed by atoms with E-state index in [9.17, 15) is 19.2 Å². The van der Waals surface area contributed by atoms with E-state index < -0.39 is 11.9 Å². The van der Waals surface area contributed by atoms with E-state index >= 15 is 0 Å². The number of ether oxygens (including phenoxy) is 2. The summed E-state index contributed by atoms with van der Waals surface area (Å²) in [6.07, 6.45) is 0.519. The average molecular weight is 499 g/mol. The minimum Gasteiger partial charge on any atom is -0.489 e. The summed E-state index contributed by atoms with van der Waals surface area (Å²) in [5.41, 5.74) is 5.20. The van der Waals surface area contributed by atoms with Gasteiger partial charge in [-0.05, 0) is 17.5 Å². The average Bonchev–Trinajstić information content (AvgIpc) is 3.11. The largest absolute Gasteiger partial charge is 0.489 e. The molecule has 4 amide bonds. The van der Waals surface area contributed by atoms with Crippen LogP contribution in [0.3, 0.4) is 0 Å². The minimum absolute atomic E-state index is 0.00236. The van der Waals surface area contributed by atoms with Gasteiger partial charge in [-0.2, -0.15) is 0 Å². The highest BCUT2D eigenvalue weighted by Crippen LogP contribution is 2.39. The van der Waals surface area contributed by atoms with Gasteiger partial charge in [0.15, 0.2) is 0 Å². The van der Waals surface area contributed by atoms with Crippen molar-refractivity contribution in [2.75, 3.05) is 19.8 Å². The van der Waals surface area contributed by atoms with Gasteiger partial charge in [-0.25, -0.2) is 0 Å². The molecule has 2 unspecified atom stereocenters. The van der Waals surface area contributed by atoms with Gasteiger partial charge in [-0.3, -0.25) is 24.5 Å². The third kappa shape index (κ3) is 4.77. The van der Waals surface area contributed by atoms with Crippen molar-refractivity contribution in [2.45, 2.75) is 38.0 Å². The zero-order valence-electron chi connectivity index (χ0n) is 21.3. The molecule has 2 fully saturated rings. The van der Waals surface area contributed by atoms with Gasteiger partial charge in [0, 0.05) is 36.6 Å². The van der Waals surface area contributed by atoms with E-state index in [1.165, 1.54) is 0 Å². The maximum absolute atomic E-state index is 13.4. The summed E-state index contributed by atoms with van der Waals surface area (Å²) in [6, 6.07) is 9.12. The maximum atomic E-state index is 13.4. The van der Waals surface area contributed by atoms with E-state index in [4.69, 9.17) is 9.47 Å². The molecule has 188 valence electrons. The van der Waals surface area contributed by atoms with Crippen molar-refractivity contribution < 1.29 is 28.7 Å². The third-order valence-electron chi connectivity index (χ3n) is 7.54. The van der Waals surface area contributed by atoms with Crippen LogP contribution in [0.5, 0.6) is 5.75 Å². The van der Waals surface area contributed by atoms with Crippen molar-refractivity contribution in [2.24, 2.45) is 0 Å². The van der Waals surface area contributed by atoms with Gasteiger partial charge >= 0.3 is 0 Å². The lowest BCUT2D eigenvalue weighted by Gasteiger charge is -2.33. The molecule has 0 radical (unpaired) electrons. The second kappa shape index (κ2) is 10.1. The van der Waals surface area contributed by atoms with E-state index in [1.807, 2.05) is 53.9 Å². The fourth-order valence-corrected chi connectivity index (χ4v) is 5.33. The second-order valence-electron chi connectivity index (χ2n) is 9.94. The van der Waals surface area contributed by atoms with Crippen LogP contribution in [0.4, 0.5) is 0 Å². The van der Waals surface area contributed by atoms with Crippen LogP contribution in [0.2, 0.25) is 0 Å². The molecule has 37 heavy (non-hydrogen) atoms. The summed E-state index contributed by atoms with van der Waals surface area (Å²) in [7, 11) is 5.81. The zero-order chi connectivity index (χ0) is 26.3. The molecule has 0 aromatic heterocycles. The Morgan fingerprint density at radius 3 is 2.51 bits per heavy atom. The number of hydrogen-bond acceptors (Lipinski definition) is 6. The zero-order valence-corrected chi connectivity index (χ0v) is 21.3. The molecular formula is C25H28B3N3O6. The van der Waals surface area contributed by atoms with Crippen molar-refractivity contribution >= 4 is 58.1 Å². The maximum Gasteiger partial charge on any atom is 0.254 e. The van der Waals surface area contributed by atoms with Crippen LogP contribution in [-0.4, -0.2) is 82.8 Å². The lowest BCUT2D eigenvalue weighted by molar-refractivity contribution is -0.143. The molecule has 2 atom stereocenters. The molecule has 3 aliphatic heterocycles. The molecular weight excluding hydrogens is 471 g/mol. The van der Waals surface area contributed by atoms with Crippen molar-refractivity contribution in [1.82, 2.24) is 15.1 Å². The highest BCUT2D eigenvalue weighted by molar-refractivity contribution is 6.50. The number of rotatable bonds is 6. The predicted octanol–water partition coefficient (Wildman–Crippen LogP) is -2.97. The molecule has 1 N–H and O–H groups in total. The van der Waals surface area contributed by atoms with Crippen molar-refractivity contribution in [3.05, 3.63) is 52.6 Å². The Kier molecular flexibility index (Phi) is 6.85. The summed E-state index contributed by atoms with van der Waals surface area (Å²) < 4.78 is 11.5. The molecule has 0 aliphatic carbocycles. The molecule has 3 heterocycles. The van der Waals surface area contributed by atoms with Gasteiger partial charge in [0.2, 0.25) is 17.7 Å². The molecule has 2 aromatic carbocycles. The molecule has 5 rings (SSSR count). The quantitative estimate of drug-likeness (QED) is 0.337. The van der Waals surface area contributed by atoms with Gasteiger partial charge in [0.25, 0.3) is 5.91 Å². The second-order valence-corrected chi connectivity index (χ2v) is 9.94. The summed E-state index contributed by atoms with van der Waals surface area (Å²) >= 11 is 0. The molecule has 2 aromatic rings. The van der Waals surface area contributed by atoms with Crippen LogP contribution in [0.15, 0.2) is 30.3 Å². The Balaban J connectivity index is 1.34. The number of hydrogen-bond donors (Lipinski definition) is 1. The lowest BCUT2D eigenvalue weighted by Crippen LogP contribution is -2.53. The highest BCUT2D eigenvalue weighted by atomic mass is 16.5. The first kappa shape index (κ1) is 25.1. The molecule has 0 bridgehead atoms. The third-order valence-corrected chi connectivity index (χ3v) is 7.54. The van der Waals surface area contributed by atoms with E-state index in [1.54, 1.807) is 9.80 Å². The van der Waals surface area contributed by atoms with E-state index in [2.05, 4.69) is 5.32 Å². The highest BCUT2D eigenvalue weighted by Gasteiger charge is 2.44. The SMILES string of the molecule is Bc1cc2c(c(OCc3ccc(CN4CCOCC4=O)cc3)c1B)C(B)N(C1CCC(=O)NC1=O)C2=O. The Bertz CT molecular complexity index is 1290. The predicted molar refractivity (Wildman–Crippen MR) is 143 cm³/mol. The first-order chi connectivity index (χ1) is 17.7. The smallest absolute Gasteiger partial charge is 0.254 e. The fraction of sp³-hybridized carbons (Fsp3) is 0.360. The Morgan fingerprint density at radius 2 is 1.81 bits per heavy atom. The molecule has 2 saturated heterocycles. The van der Waals surface area contributed by atoms with Crippen LogP contribution < -0.4 is 21.0 Å². The number of benzene rings is 2. The monoisotopic (exact) mass is 499 g/mol. The first-order valence-corrected chi connectivity index (χ1v) is 12.6. The van der Waals surface area contributed by atoms with Crippen molar-refractivity contribution in [1.29, 1.82) is 0 Å². The fourth-order valence-electron chi connectivity index (χ4n) is 5.33. The normalized spacial score (nSPS) is 21.7. The van der Waals surface area contributed by atoms with Gasteiger partial charge in [0.05, 0.1) is 6.61 Å². The van der Waals surface area contributed by atoms with Crippen LogP contribution in [0.1, 0.15) is 45.8 Å². The number of carbonyl (C=O) groups excluding carboxylic acids is 4.